The third-order valence-corrected chi connectivity index (χ3v) is 7.54. The number of hydrogen-bond donors (Lipinski definition) is 2. The first kappa shape index (κ1) is 20.4. The summed E-state index contributed by atoms with van der Waals surface area (Å²) < 4.78 is 0. The molecule has 3 aromatic rings. The van der Waals surface area contributed by atoms with E-state index in [4.69, 9.17) is 11.6 Å². The highest BCUT2D eigenvalue weighted by atomic mass is 35.5. The van der Waals surface area contributed by atoms with Gasteiger partial charge in [0.2, 0.25) is 5.91 Å². The Hall–Kier alpha value is -1.83. The Balaban J connectivity index is 1.28. The lowest BCUT2D eigenvalue weighted by Crippen LogP contribution is -2.23. The fourth-order valence-corrected chi connectivity index (χ4v) is 5.82. The number of amides is 1. The van der Waals surface area contributed by atoms with Crippen molar-refractivity contribution in [3.63, 3.8) is 0 Å². The van der Waals surface area contributed by atoms with E-state index in [1.807, 2.05) is 24.3 Å². The number of nitrogens with zero attached hydrogens (tertiary/aromatic N) is 1. The molecular formula is C21H22ClN3O2S2. The molecule has 1 amide bonds. The van der Waals surface area contributed by atoms with E-state index in [0.717, 1.165) is 35.0 Å². The standard InChI is InChI=1S/C21H22ClN3O2S2/c22-15-7-3-1-5-13(15)11-23-18(26)9-10-28-12-17-24-20(27)19-14-6-2-4-8-16(14)29-21(19)25-17/h1,3,5,7H,2,4,6,8-12H2,(H,23,26)(H,24,25,27). The highest BCUT2D eigenvalue weighted by Crippen LogP contribution is 2.33. The molecule has 0 atom stereocenters. The number of halogens is 1. The van der Waals surface area contributed by atoms with Crippen molar-refractivity contribution in [1.29, 1.82) is 0 Å². The van der Waals surface area contributed by atoms with Crippen LogP contribution in [0.1, 0.15) is 41.1 Å². The van der Waals surface area contributed by atoms with E-state index in [9.17, 15) is 9.59 Å². The van der Waals surface area contributed by atoms with Gasteiger partial charge in [0.15, 0.2) is 0 Å². The molecule has 2 heterocycles. The summed E-state index contributed by atoms with van der Waals surface area (Å²) >= 11 is 9.36. The Morgan fingerprint density at radius 1 is 1.28 bits per heavy atom. The van der Waals surface area contributed by atoms with E-state index in [-0.39, 0.29) is 11.5 Å². The van der Waals surface area contributed by atoms with Crippen molar-refractivity contribution in [2.75, 3.05) is 5.75 Å². The second-order valence-electron chi connectivity index (χ2n) is 7.07. The number of H-pyrrole nitrogens is 1. The van der Waals surface area contributed by atoms with E-state index in [1.54, 1.807) is 23.1 Å². The third-order valence-electron chi connectivity index (χ3n) is 5.02. The van der Waals surface area contributed by atoms with E-state index >= 15 is 0 Å². The smallest absolute Gasteiger partial charge is 0.259 e. The number of benzene rings is 1. The maximum Gasteiger partial charge on any atom is 0.259 e. The second kappa shape index (κ2) is 9.32. The van der Waals surface area contributed by atoms with Crippen LogP contribution in [0.2, 0.25) is 5.02 Å². The molecule has 1 aliphatic carbocycles. The fraction of sp³-hybridized carbons (Fsp3) is 0.381. The number of fused-ring (bicyclic) bond motifs is 3. The van der Waals surface area contributed by atoms with Crippen LogP contribution in [0.4, 0.5) is 0 Å². The molecule has 0 saturated carbocycles. The van der Waals surface area contributed by atoms with Crippen LogP contribution in [-0.2, 0) is 29.9 Å². The minimum Gasteiger partial charge on any atom is -0.352 e. The van der Waals surface area contributed by atoms with Crippen molar-refractivity contribution >= 4 is 50.8 Å². The van der Waals surface area contributed by atoms with Crippen LogP contribution in [0.25, 0.3) is 10.2 Å². The Morgan fingerprint density at radius 3 is 2.97 bits per heavy atom. The van der Waals surface area contributed by atoms with Crippen molar-refractivity contribution < 1.29 is 4.79 Å². The number of aromatic nitrogens is 2. The summed E-state index contributed by atoms with van der Waals surface area (Å²) in [4.78, 5) is 34.4. The van der Waals surface area contributed by atoms with Gasteiger partial charge >= 0.3 is 0 Å². The Kier molecular flexibility index (Phi) is 6.57. The molecule has 8 heteroatoms. The average molecular weight is 448 g/mol. The van der Waals surface area contributed by atoms with Crippen LogP contribution in [0.3, 0.4) is 0 Å². The van der Waals surface area contributed by atoms with Crippen molar-refractivity contribution in [2.45, 2.75) is 44.4 Å². The molecule has 0 unspecified atom stereocenters. The van der Waals surface area contributed by atoms with Crippen LogP contribution in [0.5, 0.6) is 0 Å². The van der Waals surface area contributed by atoms with Gasteiger partial charge in [0.05, 0.1) is 11.1 Å². The highest BCUT2D eigenvalue weighted by Gasteiger charge is 2.19. The summed E-state index contributed by atoms with van der Waals surface area (Å²) in [6.45, 7) is 0.428. The third kappa shape index (κ3) is 4.85. The molecule has 152 valence electrons. The van der Waals surface area contributed by atoms with E-state index in [2.05, 4.69) is 15.3 Å². The van der Waals surface area contributed by atoms with Crippen LogP contribution in [0.15, 0.2) is 29.1 Å². The zero-order chi connectivity index (χ0) is 20.2. The van der Waals surface area contributed by atoms with Crippen LogP contribution in [-0.4, -0.2) is 21.6 Å². The Bertz CT molecular complexity index is 1090. The maximum atomic E-state index is 12.5. The lowest BCUT2D eigenvalue weighted by atomic mass is 9.97. The van der Waals surface area contributed by atoms with Gasteiger partial charge in [0, 0.05) is 28.6 Å². The second-order valence-corrected chi connectivity index (χ2v) is 9.67. The zero-order valence-corrected chi connectivity index (χ0v) is 18.3. The predicted molar refractivity (Wildman–Crippen MR) is 121 cm³/mol. The minimum atomic E-state index is -0.0255. The van der Waals surface area contributed by atoms with Gasteiger partial charge in [-0.1, -0.05) is 29.8 Å². The Morgan fingerprint density at radius 2 is 2.10 bits per heavy atom. The SMILES string of the molecule is O=C(CCSCc1nc2sc3c(c2c(=O)[nH]1)CCCC3)NCc1ccccc1Cl. The first-order valence-electron chi connectivity index (χ1n) is 9.73. The normalized spacial score (nSPS) is 13.4. The summed E-state index contributed by atoms with van der Waals surface area (Å²) in [5, 5.41) is 4.34. The summed E-state index contributed by atoms with van der Waals surface area (Å²) in [6.07, 6.45) is 4.79. The molecule has 2 N–H and O–H groups in total. The van der Waals surface area contributed by atoms with E-state index in [0.29, 0.717) is 35.3 Å². The lowest BCUT2D eigenvalue weighted by Gasteiger charge is -2.09. The molecule has 0 saturated heterocycles. The molecule has 4 rings (SSSR count). The van der Waals surface area contributed by atoms with Gasteiger partial charge in [-0.3, -0.25) is 9.59 Å². The monoisotopic (exact) mass is 447 g/mol. The average Bonchev–Trinajstić information content (AvgIpc) is 3.09. The minimum absolute atomic E-state index is 0.0137. The number of thiophene rings is 1. The van der Waals surface area contributed by atoms with Gasteiger partial charge < -0.3 is 10.3 Å². The van der Waals surface area contributed by atoms with E-state index in [1.165, 1.54) is 16.9 Å². The van der Waals surface area contributed by atoms with Gasteiger partial charge in [0.1, 0.15) is 10.7 Å². The molecule has 5 nitrogen and oxygen atoms in total. The number of carbonyl (C=O) groups excluding carboxylic acids is 1. The Labute approximate surface area is 182 Å². The summed E-state index contributed by atoms with van der Waals surface area (Å²) in [5.74, 6) is 1.92. The topological polar surface area (TPSA) is 74.8 Å². The van der Waals surface area contributed by atoms with Crippen molar-refractivity contribution in [3.8, 4) is 0 Å². The van der Waals surface area contributed by atoms with Crippen LogP contribution < -0.4 is 10.9 Å². The van der Waals surface area contributed by atoms with Gasteiger partial charge in [-0.25, -0.2) is 4.98 Å². The summed E-state index contributed by atoms with van der Waals surface area (Å²) in [5.41, 5.74) is 2.09. The predicted octanol–water partition coefficient (Wildman–Crippen LogP) is 4.46. The molecule has 0 spiro atoms. The number of nitrogens with one attached hydrogen (secondary N) is 2. The highest BCUT2D eigenvalue weighted by molar-refractivity contribution is 7.98. The van der Waals surface area contributed by atoms with Crippen molar-refractivity contribution in [1.82, 2.24) is 15.3 Å². The van der Waals surface area contributed by atoms with Gasteiger partial charge in [-0.2, -0.15) is 11.8 Å². The quantitative estimate of drug-likeness (QED) is 0.524. The van der Waals surface area contributed by atoms with E-state index < -0.39 is 0 Å². The summed E-state index contributed by atoms with van der Waals surface area (Å²) in [6, 6.07) is 7.48. The van der Waals surface area contributed by atoms with Gasteiger partial charge in [-0.05, 0) is 42.9 Å². The van der Waals surface area contributed by atoms with Crippen LogP contribution >= 0.6 is 34.7 Å². The number of thioether (sulfide) groups is 1. The molecule has 0 radical (unpaired) electrons. The van der Waals surface area contributed by atoms with Gasteiger partial charge in [0.25, 0.3) is 5.56 Å². The molecule has 1 aliphatic rings. The molecule has 0 fully saturated rings. The molecule has 0 bridgehead atoms. The van der Waals surface area contributed by atoms with Gasteiger partial charge in [-0.15, -0.1) is 11.3 Å². The number of aryl methyl sites for hydroxylation is 2. The largest absolute Gasteiger partial charge is 0.352 e. The maximum absolute atomic E-state index is 12.5. The molecule has 0 aliphatic heterocycles. The lowest BCUT2D eigenvalue weighted by molar-refractivity contribution is -0.120. The summed E-state index contributed by atoms with van der Waals surface area (Å²) in [7, 11) is 0. The zero-order valence-electron chi connectivity index (χ0n) is 15.9. The number of rotatable bonds is 7. The molecule has 2 aromatic heterocycles. The first-order chi connectivity index (χ1) is 14.1. The number of hydrogen-bond acceptors (Lipinski definition) is 5. The van der Waals surface area contributed by atoms with Crippen LogP contribution in [0, 0.1) is 0 Å². The van der Waals surface area contributed by atoms with Crippen molar-refractivity contribution in [2.24, 2.45) is 0 Å². The van der Waals surface area contributed by atoms with Crippen molar-refractivity contribution in [3.05, 3.63) is 61.5 Å². The fourth-order valence-electron chi connectivity index (χ4n) is 3.53. The number of carbonyl (C=O) groups is 1. The molecule has 29 heavy (non-hydrogen) atoms. The first-order valence-corrected chi connectivity index (χ1v) is 12.1. The molecule has 1 aromatic carbocycles. The molecular weight excluding hydrogens is 426 g/mol. The number of aromatic amines is 1.